The Kier molecular flexibility index (Phi) is 5.30. The zero-order valence-electron chi connectivity index (χ0n) is 16.7. The molecule has 2 aromatic heterocycles. The molecule has 8 heteroatoms. The highest BCUT2D eigenvalue weighted by Crippen LogP contribution is 2.24. The largest absolute Gasteiger partial charge is 0.340 e. The van der Waals surface area contributed by atoms with Gasteiger partial charge in [-0.3, -0.25) is 9.48 Å². The van der Waals surface area contributed by atoms with Gasteiger partial charge in [-0.25, -0.2) is 0 Å². The fourth-order valence-corrected chi connectivity index (χ4v) is 2.76. The lowest BCUT2D eigenvalue weighted by atomic mass is 9.97. The van der Waals surface area contributed by atoms with Gasteiger partial charge in [0.1, 0.15) is 0 Å². The van der Waals surface area contributed by atoms with Crippen molar-refractivity contribution in [1.29, 1.82) is 0 Å². The summed E-state index contributed by atoms with van der Waals surface area (Å²) in [5.74, 6) is 0.684. The molecule has 3 rings (SSSR count). The van der Waals surface area contributed by atoms with Crippen LogP contribution in [0, 0.1) is 0 Å². The molecule has 1 amide bonds. The van der Waals surface area contributed by atoms with Crippen LogP contribution in [0.5, 0.6) is 0 Å². The van der Waals surface area contributed by atoms with Gasteiger partial charge in [-0.2, -0.15) is 10.1 Å². The fraction of sp³-hybridized carbons (Fsp3) is 0.400. The Hall–Kier alpha value is -2.67. The predicted molar refractivity (Wildman–Crippen MR) is 106 cm³/mol. The van der Waals surface area contributed by atoms with Crippen molar-refractivity contribution >= 4 is 17.5 Å². The van der Waals surface area contributed by atoms with Gasteiger partial charge in [0.25, 0.3) is 5.91 Å². The second-order valence-corrected chi connectivity index (χ2v) is 8.68. The Bertz CT molecular complexity index is 984. The van der Waals surface area contributed by atoms with Gasteiger partial charge >= 0.3 is 0 Å². The van der Waals surface area contributed by atoms with E-state index in [1.54, 1.807) is 10.9 Å². The van der Waals surface area contributed by atoms with Gasteiger partial charge in [0.15, 0.2) is 5.82 Å². The highest BCUT2D eigenvalue weighted by molar-refractivity contribution is 6.31. The molecule has 0 aliphatic carbocycles. The number of hydrogen-bond acceptors (Lipinski definition) is 5. The first kappa shape index (κ1) is 20.1. The quantitative estimate of drug-likeness (QED) is 0.700. The van der Waals surface area contributed by atoms with Gasteiger partial charge in [-0.1, -0.05) is 55.7 Å². The van der Waals surface area contributed by atoms with Crippen molar-refractivity contribution in [3.8, 4) is 0 Å². The smallest absolute Gasteiger partial charge is 0.255 e. The minimum absolute atomic E-state index is 0.259. The van der Waals surface area contributed by atoms with Crippen LogP contribution >= 0.6 is 11.6 Å². The molecule has 2 heterocycles. The van der Waals surface area contributed by atoms with E-state index >= 15 is 0 Å². The van der Waals surface area contributed by atoms with Crippen molar-refractivity contribution in [2.24, 2.45) is 0 Å². The van der Waals surface area contributed by atoms with Crippen molar-refractivity contribution in [2.75, 3.05) is 0 Å². The Morgan fingerprint density at radius 2 is 1.93 bits per heavy atom. The molecule has 0 spiro atoms. The molecule has 0 unspecified atom stereocenters. The molecular formula is C20H24ClN5O2. The summed E-state index contributed by atoms with van der Waals surface area (Å²) in [6.07, 6.45) is 3.21. The van der Waals surface area contributed by atoms with E-state index in [-0.39, 0.29) is 11.3 Å². The summed E-state index contributed by atoms with van der Waals surface area (Å²) in [6.45, 7) is 10.1. The molecule has 0 atom stereocenters. The van der Waals surface area contributed by atoms with Crippen LogP contribution in [0.4, 0.5) is 0 Å². The Morgan fingerprint density at radius 3 is 2.57 bits per heavy atom. The number of carbonyl (C=O) groups is 1. The monoisotopic (exact) mass is 401 g/mol. The van der Waals surface area contributed by atoms with Gasteiger partial charge in [-0.15, -0.1) is 0 Å². The average molecular weight is 402 g/mol. The summed E-state index contributed by atoms with van der Waals surface area (Å²) >= 11 is 6.19. The maximum Gasteiger partial charge on any atom is 0.255 e. The van der Waals surface area contributed by atoms with Crippen molar-refractivity contribution in [3.05, 3.63) is 64.5 Å². The molecule has 7 nitrogen and oxygen atoms in total. The number of amides is 1. The van der Waals surface area contributed by atoms with E-state index in [1.807, 2.05) is 58.9 Å². The molecule has 148 valence electrons. The first-order valence-electron chi connectivity index (χ1n) is 8.99. The van der Waals surface area contributed by atoms with E-state index in [0.717, 1.165) is 5.56 Å². The molecule has 0 saturated heterocycles. The number of aromatic nitrogens is 4. The molecule has 0 aliphatic heterocycles. The van der Waals surface area contributed by atoms with Crippen molar-refractivity contribution < 1.29 is 9.32 Å². The van der Waals surface area contributed by atoms with Crippen molar-refractivity contribution in [3.63, 3.8) is 0 Å². The number of benzene rings is 1. The summed E-state index contributed by atoms with van der Waals surface area (Å²) in [5.41, 5.74) is 0.320. The Balaban J connectivity index is 1.71. The average Bonchev–Trinajstić information content (AvgIpc) is 3.26. The van der Waals surface area contributed by atoms with E-state index < -0.39 is 5.54 Å². The maximum atomic E-state index is 12.7. The molecule has 0 aliphatic rings. The van der Waals surface area contributed by atoms with Crippen molar-refractivity contribution in [2.45, 2.75) is 52.1 Å². The summed E-state index contributed by atoms with van der Waals surface area (Å²) in [7, 11) is 0. The minimum atomic E-state index is -0.797. The molecule has 28 heavy (non-hydrogen) atoms. The zero-order valence-corrected chi connectivity index (χ0v) is 17.4. The lowest BCUT2D eigenvalue weighted by Crippen LogP contribution is -2.41. The molecule has 3 aromatic rings. The van der Waals surface area contributed by atoms with Crippen LogP contribution in [-0.4, -0.2) is 25.8 Å². The number of halogens is 1. The highest BCUT2D eigenvalue weighted by Gasteiger charge is 2.32. The SMILES string of the molecule is CC(C)(C)c1nc(C(C)(C)NC(=O)c2cnn(Cc3ccccc3Cl)c2)no1. The van der Waals surface area contributed by atoms with Gasteiger partial charge in [0, 0.05) is 16.6 Å². The second-order valence-electron chi connectivity index (χ2n) is 8.27. The van der Waals surface area contributed by atoms with E-state index in [0.29, 0.717) is 28.8 Å². The van der Waals surface area contributed by atoms with Crippen LogP contribution in [0.3, 0.4) is 0 Å². The second kappa shape index (κ2) is 7.39. The molecular weight excluding hydrogens is 378 g/mol. The number of hydrogen-bond donors (Lipinski definition) is 1. The zero-order chi connectivity index (χ0) is 20.5. The van der Waals surface area contributed by atoms with Crippen LogP contribution < -0.4 is 5.32 Å². The third-order valence-electron chi connectivity index (χ3n) is 4.24. The van der Waals surface area contributed by atoms with Gasteiger partial charge in [0.2, 0.25) is 5.89 Å². The third-order valence-corrected chi connectivity index (χ3v) is 4.61. The maximum absolute atomic E-state index is 12.7. The molecule has 1 aromatic carbocycles. The molecule has 0 bridgehead atoms. The van der Waals surface area contributed by atoms with E-state index in [9.17, 15) is 4.79 Å². The summed E-state index contributed by atoms with van der Waals surface area (Å²) < 4.78 is 7.02. The van der Waals surface area contributed by atoms with E-state index in [1.165, 1.54) is 6.20 Å². The van der Waals surface area contributed by atoms with Crippen LogP contribution in [0.2, 0.25) is 5.02 Å². The van der Waals surface area contributed by atoms with Gasteiger partial charge < -0.3 is 9.84 Å². The topological polar surface area (TPSA) is 85.8 Å². The molecule has 1 N–H and O–H groups in total. The predicted octanol–water partition coefficient (Wildman–Crippen LogP) is 3.93. The van der Waals surface area contributed by atoms with E-state index in [2.05, 4.69) is 20.6 Å². The van der Waals surface area contributed by atoms with Gasteiger partial charge in [0.05, 0.1) is 23.8 Å². The lowest BCUT2D eigenvalue weighted by molar-refractivity contribution is 0.0907. The Morgan fingerprint density at radius 1 is 1.21 bits per heavy atom. The standard InChI is InChI=1S/C20H24ClN5O2/c1-19(2,3)18-23-17(25-28-18)20(4,5)24-16(27)14-10-22-26(12-14)11-13-8-6-7-9-15(13)21/h6-10,12H,11H2,1-5H3,(H,24,27). The fourth-order valence-electron chi connectivity index (χ4n) is 2.56. The van der Waals surface area contributed by atoms with Crippen LogP contribution in [0.15, 0.2) is 41.2 Å². The third kappa shape index (κ3) is 4.42. The van der Waals surface area contributed by atoms with Crippen LogP contribution in [-0.2, 0) is 17.5 Å². The van der Waals surface area contributed by atoms with Crippen molar-refractivity contribution in [1.82, 2.24) is 25.2 Å². The first-order chi connectivity index (χ1) is 13.1. The molecule has 0 radical (unpaired) electrons. The summed E-state index contributed by atoms with van der Waals surface area (Å²) in [5, 5.41) is 11.9. The summed E-state index contributed by atoms with van der Waals surface area (Å²) in [6, 6.07) is 7.54. The van der Waals surface area contributed by atoms with E-state index in [4.69, 9.17) is 16.1 Å². The number of nitrogens with one attached hydrogen (secondary N) is 1. The van der Waals surface area contributed by atoms with Crippen LogP contribution in [0.25, 0.3) is 0 Å². The minimum Gasteiger partial charge on any atom is -0.340 e. The molecule has 0 saturated carbocycles. The normalized spacial score (nSPS) is 12.2. The lowest BCUT2D eigenvalue weighted by Gasteiger charge is -2.22. The van der Waals surface area contributed by atoms with Crippen LogP contribution in [0.1, 0.15) is 62.3 Å². The highest BCUT2D eigenvalue weighted by atomic mass is 35.5. The van der Waals surface area contributed by atoms with Gasteiger partial charge in [-0.05, 0) is 25.5 Å². The molecule has 0 fully saturated rings. The number of nitrogens with zero attached hydrogens (tertiary/aromatic N) is 4. The Labute approximate surface area is 169 Å². The number of carbonyl (C=O) groups excluding carboxylic acids is 1. The number of rotatable bonds is 5. The first-order valence-corrected chi connectivity index (χ1v) is 9.37. The summed E-state index contributed by atoms with van der Waals surface area (Å²) in [4.78, 5) is 17.1.